The van der Waals surface area contributed by atoms with Gasteiger partial charge in [-0.3, -0.25) is 0 Å². The van der Waals surface area contributed by atoms with E-state index in [2.05, 4.69) is 5.32 Å². The van der Waals surface area contributed by atoms with Crippen LogP contribution in [0.3, 0.4) is 0 Å². The van der Waals surface area contributed by atoms with Gasteiger partial charge in [0.25, 0.3) is 0 Å². The number of methoxy groups -OCH3 is 3. The fourth-order valence-corrected chi connectivity index (χ4v) is 4.50. The van der Waals surface area contributed by atoms with Crippen LogP contribution in [0.4, 0.5) is 0 Å². The van der Waals surface area contributed by atoms with Crippen molar-refractivity contribution in [3.63, 3.8) is 0 Å². The number of rotatable bonds is 8. The van der Waals surface area contributed by atoms with Crippen molar-refractivity contribution in [2.75, 3.05) is 27.9 Å². The van der Waals surface area contributed by atoms with Gasteiger partial charge in [0.05, 0.1) is 31.4 Å². The predicted molar refractivity (Wildman–Crippen MR) is 116 cm³/mol. The lowest BCUT2D eigenvalue weighted by molar-refractivity contribution is 0.220. The second kappa shape index (κ2) is 9.43. The first-order valence-corrected chi connectivity index (χ1v) is 10.3. The summed E-state index contributed by atoms with van der Waals surface area (Å²) in [6.45, 7) is 0.0874. The number of hydrogen-bond donors (Lipinski definition) is 2. The lowest BCUT2D eigenvalue weighted by Gasteiger charge is -2.31. The molecule has 0 bridgehead atoms. The maximum absolute atomic E-state index is 9.70. The molecule has 0 aliphatic carbocycles. The van der Waals surface area contributed by atoms with Crippen LogP contribution < -0.4 is 19.5 Å². The molecule has 2 aromatic carbocycles. The summed E-state index contributed by atoms with van der Waals surface area (Å²) in [6, 6.07) is 9.89. The van der Waals surface area contributed by atoms with Crippen LogP contribution in [0.25, 0.3) is 0 Å². The zero-order chi connectivity index (χ0) is 21.0. The second-order valence-electron chi connectivity index (χ2n) is 7.30. The van der Waals surface area contributed by atoms with Gasteiger partial charge in [0.1, 0.15) is 0 Å². The van der Waals surface area contributed by atoms with E-state index in [1.165, 1.54) is 0 Å². The van der Waals surface area contributed by atoms with Crippen LogP contribution in [0, 0.1) is 0 Å². The van der Waals surface area contributed by atoms with Crippen molar-refractivity contribution in [2.45, 2.75) is 37.3 Å². The molecule has 1 saturated heterocycles. The molecule has 1 heterocycles. The predicted octanol–water partition coefficient (Wildman–Crippen LogP) is 4.59. The lowest BCUT2D eigenvalue weighted by atomic mass is 9.85. The molecule has 7 heteroatoms. The minimum absolute atomic E-state index is 0.0874. The van der Waals surface area contributed by atoms with Gasteiger partial charge in [-0.25, -0.2) is 0 Å². The second-order valence-corrected chi connectivity index (χ2v) is 8.12. The number of benzene rings is 2. The Morgan fingerprint density at radius 1 is 1.03 bits per heavy atom. The van der Waals surface area contributed by atoms with E-state index in [0.29, 0.717) is 33.7 Å². The van der Waals surface area contributed by atoms with Crippen molar-refractivity contribution < 1.29 is 19.3 Å². The topological polar surface area (TPSA) is 60.0 Å². The molecule has 1 aliphatic rings. The quantitative estimate of drug-likeness (QED) is 0.629. The average Bonchev–Trinajstić information content (AvgIpc) is 3.13. The molecule has 0 spiro atoms. The molecule has 5 nitrogen and oxygen atoms in total. The van der Waals surface area contributed by atoms with E-state index >= 15 is 0 Å². The standard InChI is InChI=1S/C22H27Cl2NO4/c1-27-19-11-14(12-20(28-2)21(19)29-3)10-16-6-7-22(25-16,8-9-26)15-4-5-17(23)18(24)13-15/h4-5,11-13,16,25-26H,6-10H2,1-3H3. The molecule has 2 unspecified atom stereocenters. The number of aliphatic hydroxyl groups excluding tert-OH is 1. The van der Waals surface area contributed by atoms with Crippen LogP contribution in [0.2, 0.25) is 10.0 Å². The van der Waals surface area contributed by atoms with Gasteiger partial charge in [-0.15, -0.1) is 0 Å². The van der Waals surface area contributed by atoms with Crippen molar-refractivity contribution in [2.24, 2.45) is 0 Å². The fourth-order valence-electron chi connectivity index (χ4n) is 4.20. The van der Waals surface area contributed by atoms with Crippen LogP contribution in [0.5, 0.6) is 17.2 Å². The molecule has 158 valence electrons. The van der Waals surface area contributed by atoms with Crippen LogP contribution in [-0.4, -0.2) is 39.1 Å². The van der Waals surface area contributed by atoms with E-state index in [1.807, 2.05) is 30.3 Å². The molecule has 2 aromatic rings. The number of halogens is 2. The zero-order valence-corrected chi connectivity index (χ0v) is 18.4. The van der Waals surface area contributed by atoms with Crippen molar-refractivity contribution in [1.82, 2.24) is 5.32 Å². The lowest BCUT2D eigenvalue weighted by Crippen LogP contribution is -2.42. The normalized spacial score (nSPS) is 21.2. The summed E-state index contributed by atoms with van der Waals surface area (Å²) < 4.78 is 16.4. The molecule has 3 rings (SSSR count). The molecule has 29 heavy (non-hydrogen) atoms. The molecular formula is C22H27Cl2NO4. The Labute approximate surface area is 181 Å². The number of nitrogens with one attached hydrogen (secondary N) is 1. The SMILES string of the molecule is COc1cc(CC2CCC(CCO)(c3ccc(Cl)c(Cl)c3)N2)cc(OC)c1OC. The molecule has 0 radical (unpaired) electrons. The van der Waals surface area contributed by atoms with Crippen LogP contribution in [0.1, 0.15) is 30.4 Å². The van der Waals surface area contributed by atoms with Gasteiger partial charge < -0.3 is 24.6 Å². The van der Waals surface area contributed by atoms with E-state index in [-0.39, 0.29) is 18.2 Å². The summed E-state index contributed by atoms with van der Waals surface area (Å²) >= 11 is 12.3. The maximum atomic E-state index is 9.70. The first kappa shape index (κ1) is 22.0. The smallest absolute Gasteiger partial charge is 0.203 e. The zero-order valence-electron chi connectivity index (χ0n) is 16.9. The van der Waals surface area contributed by atoms with Crippen LogP contribution in [-0.2, 0) is 12.0 Å². The molecule has 0 saturated carbocycles. The Bertz CT molecular complexity index is 836. The molecule has 2 N–H and O–H groups in total. The number of aliphatic hydroxyl groups is 1. The summed E-state index contributed by atoms with van der Waals surface area (Å²) in [5, 5.41) is 14.5. The summed E-state index contributed by atoms with van der Waals surface area (Å²) in [4.78, 5) is 0. The van der Waals surface area contributed by atoms with Crippen molar-refractivity contribution >= 4 is 23.2 Å². The van der Waals surface area contributed by atoms with Crippen LogP contribution >= 0.6 is 23.2 Å². The fraction of sp³-hybridized carbons (Fsp3) is 0.455. The highest BCUT2D eigenvalue weighted by Gasteiger charge is 2.39. The monoisotopic (exact) mass is 439 g/mol. The Kier molecular flexibility index (Phi) is 7.17. The van der Waals surface area contributed by atoms with Crippen molar-refractivity contribution in [3.8, 4) is 17.2 Å². The third-order valence-corrected chi connectivity index (χ3v) is 6.36. The van der Waals surface area contributed by atoms with Crippen molar-refractivity contribution in [3.05, 3.63) is 51.5 Å². The van der Waals surface area contributed by atoms with Gasteiger partial charge in [-0.2, -0.15) is 0 Å². The average molecular weight is 440 g/mol. The molecule has 1 fully saturated rings. The number of hydrogen-bond acceptors (Lipinski definition) is 5. The summed E-state index contributed by atoms with van der Waals surface area (Å²) in [6.07, 6.45) is 3.28. The van der Waals surface area contributed by atoms with Gasteiger partial charge >= 0.3 is 0 Å². The first-order valence-electron chi connectivity index (χ1n) is 9.59. The Morgan fingerprint density at radius 2 is 1.72 bits per heavy atom. The van der Waals surface area contributed by atoms with E-state index in [4.69, 9.17) is 37.4 Å². The number of ether oxygens (including phenoxy) is 3. The molecular weight excluding hydrogens is 413 g/mol. The molecule has 0 aromatic heterocycles. The third-order valence-electron chi connectivity index (χ3n) is 5.62. The van der Waals surface area contributed by atoms with Gasteiger partial charge in [-0.1, -0.05) is 29.3 Å². The Balaban J connectivity index is 1.84. The maximum Gasteiger partial charge on any atom is 0.203 e. The van der Waals surface area contributed by atoms with Gasteiger partial charge in [0.2, 0.25) is 5.75 Å². The van der Waals surface area contributed by atoms with Gasteiger partial charge in [-0.05, 0) is 61.1 Å². The Morgan fingerprint density at radius 3 is 2.28 bits per heavy atom. The highest BCUT2D eigenvalue weighted by molar-refractivity contribution is 6.42. The highest BCUT2D eigenvalue weighted by Crippen LogP contribution is 2.41. The largest absolute Gasteiger partial charge is 0.493 e. The minimum Gasteiger partial charge on any atom is -0.493 e. The first-order chi connectivity index (χ1) is 14.0. The summed E-state index contributed by atoms with van der Waals surface area (Å²) in [7, 11) is 4.83. The molecule has 2 atom stereocenters. The Hall–Kier alpha value is -1.66. The van der Waals surface area contributed by atoms with Gasteiger partial charge in [0, 0.05) is 18.2 Å². The van der Waals surface area contributed by atoms with E-state index in [0.717, 1.165) is 30.4 Å². The van der Waals surface area contributed by atoms with Crippen molar-refractivity contribution in [1.29, 1.82) is 0 Å². The highest BCUT2D eigenvalue weighted by atomic mass is 35.5. The molecule has 0 amide bonds. The minimum atomic E-state index is -0.325. The van der Waals surface area contributed by atoms with E-state index in [9.17, 15) is 5.11 Å². The molecule has 1 aliphatic heterocycles. The van der Waals surface area contributed by atoms with E-state index < -0.39 is 0 Å². The third kappa shape index (κ3) is 4.58. The van der Waals surface area contributed by atoms with Gasteiger partial charge in [0.15, 0.2) is 11.5 Å². The summed E-state index contributed by atoms with van der Waals surface area (Å²) in [5.74, 6) is 1.88. The van der Waals surface area contributed by atoms with E-state index in [1.54, 1.807) is 21.3 Å². The summed E-state index contributed by atoms with van der Waals surface area (Å²) in [5.41, 5.74) is 1.81. The van der Waals surface area contributed by atoms with Crippen LogP contribution in [0.15, 0.2) is 30.3 Å².